The molecule has 0 radical (unpaired) electrons. The first-order chi connectivity index (χ1) is 19.3. The normalized spacial score (nSPS) is 16.2. The van der Waals surface area contributed by atoms with Crippen LogP contribution in [0.1, 0.15) is 77.0 Å². The molecular weight excluding hydrogens is 600 g/mol. The number of methoxy groups -OCH3 is 1. The largest absolute Gasteiger partial charge is 0.497 e. The third-order valence-electron chi connectivity index (χ3n) is 7.83. The molecule has 0 bridgehead atoms. The second-order valence-corrected chi connectivity index (χ2v) is 17.7. The van der Waals surface area contributed by atoms with Gasteiger partial charge in [-0.3, -0.25) is 9.69 Å². The summed E-state index contributed by atoms with van der Waals surface area (Å²) in [5.74, 6) is 0.708. The molecule has 1 aliphatic heterocycles. The van der Waals surface area contributed by atoms with Crippen LogP contribution in [0.5, 0.6) is 5.75 Å². The number of likely N-dealkylation sites (N-methyl/N-ethyl adjacent to an activating group) is 1. The molecule has 3 rings (SSSR count). The fourth-order valence-corrected chi connectivity index (χ4v) is 5.33. The van der Waals surface area contributed by atoms with Gasteiger partial charge in [0.05, 0.1) is 19.8 Å². The highest BCUT2D eigenvalue weighted by atomic mass is 79.9. The number of nitrogens with one attached hydrogen (secondary N) is 1. The predicted molar refractivity (Wildman–Crippen MR) is 172 cm³/mol. The van der Waals surface area contributed by atoms with Crippen molar-refractivity contribution >= 4 is 36.2 Å². The lowest BCUT2D eigenvalue weighted by Crippen LogP contribution is -2.42. The smallest absolute Gasteiger partial charge is 0.324 e. The average Bonchev–Trinajstić information content (AvgIpc) is 3.17. The van der Waals surface area contributed by atoms with Crippen LogP contribution in [0, 0.1) is 0 Å². The number of carbonyl (C=O) groups excluding carboxylic acids is 2. The van der Waals surface area contributed by atoms with E-state index >= 15 is 0 Å². The van der Waals surface area contributed by atoms with Crippen LogP contribution in [0.15, 0.2) is 53.0 Å². The molecule has 2 aromatic rings. The Labute approximate surface area is 256 Å². The first-order valence-corrected chi connectivity index (χ1v) is 18.2. The van der Waals surface area contributed by atoms with Gasteiger partial charge in [-0.1, -0.05) is 87.2 Å². The van der Waals surface area contributed by atoms with Crippen molar-refractivity contribution in [2.45, 2.75) is 96.7 Å². The first kappa shape index (κ1) is 35.0. The maximum Gasteiger partial charge on any atom is 0.324 e. The van der Waals surface area contributed by atoms with Crippen LogP contribution in [-0.2, 0) is 20.6 Å². The van der Waals surface area contributed by atoms with Crippen molar-refractivity contribution in [2.24, 2.45) is 0 Å². The Morgan fingerprint density at radius 2 is 1.66 bits per heavy atom. The van der Waals surface area contributed by atoms with Gasteiger partial charge in [0.2, 0.25) is 0 Å². The summed E-state index contributed by atoms with van der Waals surface area (Å²) in [7, 11) is 1.41. The summed E-state index contributed by atoms with van der Waals surface area (Å²) in [6, 6.07) is 15.8. The van der Waals surface area contributed by atoms with Crippen LogP contribution in [0.2, 0.25) is 18.1 Å². The Bertz CT molecular complexity index is 1090. The van der Waals surface area contributed by atoms with Crippen molar-refractivity contribution in [2.75, 3.05) is 20.8 Å². The fourth-order valence-electron chi connectivity index (χ4n) is 4.01. The number of carbonyl (C=O) groups is 2. The zero-order valence-electron chi connectivity index (χ0n) is 26.1. The molecule has 7 nitrogen and oxygen atoms in total. The third-order valence-corrected chi connectivity index (χ3v) is 12.9. The lowest BCUT2D eigenvalue weighted by atomic mass is 10.0. The summed E-state index contributed by atoms with van der Waals surface area (Å²) in [5, 5.41) is 2.81. The standard InChI is InChI=1S/C20H25BrO2.C12H24N2O3Si/c1-3-4-5-6-20(17-9-11-18(21)12-10-17)23-15-16-7-13-19(22-2)14-8-16;1-12(2,3)18(5,6)17-8-7-9-10(15)14(4)11(16)13-9/h7-14,20H,3-6,15H2,1-2H3;9H,7-8H2,1-6H3,(H,13,16). The number of ether oxygens (including phenoxy) is 2. The molecule has 0 spiro atoms. The predicted octanol–water partition coefficient (Wildman–Crippen LogP) is 8.24. The Morgan fingerprint density at radius 3 is 2.17 bits per heavy atom. The van der Waals surface area contributed by atoms with Crippen molar-refractivity contribution in [3.63, 3.8) is 0 Å². The van der Waals surface area contributed by atoms with E-state index in [-0.39, 0.29) is 23.1 Å². The summed E-state index contributed by atoms with van der Waals surface area (Å²) in [4.78, 5) is 24.1. The van der Waals surface area contributed by atoms with E-state index in [2.05, 4.69) is 98.4 Å². The number of amides is 3. The van der Waals surface area contributed by atoms with E-state index in [1.54, 1.807) is 7.11 Å². The average molecular weight is 650 g/mol. The number of unbranched alkanes of at least 4 members (excludes halogenated alkanes) is 2. The van der Waals surface area contributed by atoms with E-state index < -0.39 is 14.4 Å². The van der Waals surface area contributed by atoms with E-state index in [0.717, 1.165) is 21.5 Å². The van der Waals surface area contributed by atoms with Crippen LogP contribution >= 0.6 is 15.9 Å². The van der Waals surface area contributed by atoms with E-state index in [4.69, 9.17) is 13.9 Å². The zero-order valence-corrected chi connectivity index (χ0v) is 28.7. The van der Waals surface area contributed by atoms with Gasteiger partial charge in [-0.25, -0.2) is 4.79 Å². The number of halogens is 1. The minimum absolute atomic E-state index is 0.150. The third kappa shape index (κ3) is 11.2. The van der Waals surface area contributed by atoms with Gasteiger partial charge in [0.15, 0.2) is 8.32 Å². The number of hydrogen-bond donors (Lipinski definition) is 1. The van der Waals surface area contributed by atoms with Crippen molar-refractivity contribution in [3.8, 4) is 5.75 Å². The van der Waals surface area contributed by atoms with Crippen LogP contribution in [0.25, 0.3) is 0 Å². The molecule has 9 heteroatoms. The van der Waals surface area contributed by atoms with Gasteiger partial charge in [0.1, 0.15) is 11.8 Å². The number of rotatable bonds is 13. The highest BCUT2D eigenvalue weighted by molar-refractivity contribution is 9.10. The van der Waals surface area contributed by atoms with Crippen LogP contribution in [-0.4, -0.2) is 52.0 Å². The van der Waals surface area contributed by atoms with Crippen molar-refractivity contribution in [1.82, 2.24) is 10.2 Å². The lowest BCUT2D eigenvalue weighted by molar-refractivity contribution is -0.126. The van der Waals surface area contributed by atoms with Gasteiger partial charge >= 0.3 is 6.03 Å². The monoisotopic (exact) mass is 648 g/mol. The molecule has 228 valence electrons. The molecule has 0 aliphatic carbocycles. The molecule has 2 aromatic carbocycles. The molecule has 1 aliphatic rings. The van der Waals surface area contributed by atoms with E-state index in [0.29, 0.717) is 19.6 Å². The number of imide groups is 1. The van der Waals surface area contributed by atoms with Gasteiger partial charge in [-0.05, 0) is 66.4 Å². The second kappa shape index (κ2) is 16.4. The molecular formula is C32H49BrN2O5Si. The summed E-state index contributed by atoms with van der Waals surface area (Å²) >= 11 is 3.50. The molecule has 0 aromatic heterocycles. The minimum atomic E-state index is -1.77. The molecule has 2 atom stereocenters. The molecule has 1 heterocycles. The Balaban J connectivity index is 0.000000296. The number of benzene rings is 2. The molecule has 2 unspecified atom stereocenters. The highest BCUT2D eigenvalue weighted by Gasteiger charge is 2.39. The van der Waals surface area contributed by atoms with Gasteiger partial charge in [0, 0.05) is 18.1 Å². The topological polar surface area (TPSA) is 77.1 Å². The summed E-state index contributed by atoms with van der Waals surface area (Å²) < 4.78 is 18.5. The van der Waals surface area contributed by atoms with Crippen molar-refractivity contribution in [1.29, 1.82) is 0 Å². The number of hydrogen-bond acceptors (Lipinski definition) is 5. The lowest BCUT2D eigenvalue weighted by Gasteiger charge is -2.36. The van der Waals surface area contributed by atoms with Crippen LogP contribution in [0.4, 0.5) is 4.79 Å². The Morgan fingerprint density at radius 1 is 1.02 bits per heavy atom. The van der Waals surface area contributed by atoms with E-state index in [9.17, 15) is 9.59 Å². The highest BCUT2D eigenvalue weighted by Crippen LogP contribution is 2.36. The minimum Gasteiger partial charge on any atom is -0.497 e. The van der Waals surface area contributed by atoms with Gasteiger partial charge in [0.25, 0.3) is 5.91 Å². The number of urea groups is 1. The summed E-state index contributed by atoms with van der Waals surface area (Å²) in [6.07, 6.45) is 5.42. The molecule has 3 amide bonds. The Hall–Kier alpha value is -2.20. The number of nitrogens with zero attached hydrogens (tertiary/aromatic N) is 1. The van der Waals surface area contributed by atoms with Gasteiger partial charge in [-0.2, -0.15) is 0 Å². The van der Waals surface area contributed by atoms with Crippen LogP contribution in [0.3, 0.4) is 0 Å². The molecule has 0 saturated carbocycles. The quantitative estimate of drug-likeness (QED) is 0.134. The SMILES string of the molecule is CCCCCC(OCc1ccc(OC)cc1)c1ccc(Br)cc1.CN1C(=O)NC(CCO[Si](C)(C)C(C)(C)C)C1=O. The molecule has 41 heavy (non-hydrogen) atoms. The van der Waals surface area contributed by atoms with E-state index in [1.807, 2.05) is 12.1 Å². The second-order valence-electron chi connectivity index (χ2n) is 12.0. The molecule has 1 saturated heterocycles. The summed E-state index contributed by atoms with van der Waals surface area (Å²) in [6.45, 7) is 14.2. The van der Waals surface area contributed by atoms with Gasteiger partial charge < -0.3 is 19.2 Å². The van der Waals surface area contributed by atoms with Crippen LogP contribution < -0.4 is 10.1 Å². The maximum absolute atomic E-state index is 11.7. The Kier molecular flexibility index (Phi) is 14.0. The zero-order chi connectivity index (χ0) is 30.6. The van der Waals surface area contributed by atoms with Crippen molar-refractivity contribution in [3.05, 3.63) is 64.1 Å². The van der Waals surface area contributed by atoms with Gasteiger partial charge in [-0.15, -0.1) is 0 Å². The molecule has 1 fully saturated rings. The molecule has 1 N–H and O–H groups in total. The van der Waals surface area contributed by atoms with Crippen molar-refractivity contribution < 1.29 is 23.5 Å². The summed E-state index contributed by atoms with van der Waals surface area (Å²) in [5.41, 5.74) is 2.42. The van der Waals surface area contributed by atoms with E-state index in [1.165, 1.54) is 37.4 Å². The fraction of sp³-hybridized carbons (Fsp3) is 0.562. The maximum atomic E-state index is 11.7. The first-order valence-electron chi connectivity index (χ1n) is 14.5.